The summed E-state index contributed by atoms with van der Waals surface area (Å²) < 4.78 is 26.1. The number of carbonyl (C=O) groups excluding carboxylic acids is 1. The number of aromatic nitrogens is 2. The predicted octanol–water partition coefficient (Wildman–Crippen LogP) is 2.07. The number of halogens is 1. The fourth-order valence-corrected chi connectivity index (χ4v) is 4.65. The summed E-state index contributed by atoms with van der Waals surface area (Å²) in [5.74, 6) is 1.27. The maximum atomic E-state index is 15.0. The lowest BCUT2D eigenvalue weighted by Crippen LogP contribution is -2.54. The molecule has 0 spiro atoms. The zero-order valence-electron chi connectivity index (χ0n) is 19.4. The second-order valence-corrected chi connectivity index (χ2v) is 8.82. The van der Waals surface area contributed by atoms with E-state index in [0.29, 0.717) is 36.8 Å². The Morgan fingerprint density at radius 3 is 3.03 bits per heavy atom. The molecule has 9 nitrogen and oxygen atoms in total. The highest BCUT2D eigenvalue weighted by Crippen LogP contribution is 2.29. The summed E-state index contributed by atoms with van der Waals surface area (Å²) in [6, 6.07) is 10.4. The van der Waals surface area contributed by atoms with Crippen LogP contribution in [0.5, 0.6) is 11.5 Å². The highest BCUT2D eigenvalue weighted by Gasteiger charge is 2.33. The van der Waals surface area contributed by atoms with Gasteiger partial charge in [0.05, 0.1) is 18.7 Å². The minimum Gasteiger partial charge on any atom is -0.497 e. The first-order chi connectivity index (χ1) is 17.0. The lowest BCUT2D eigenvalue weighted by molar-refractivity contribution is -0.123. The molecular formula is C25H28FN5O4. The summed E-state index contributed by atoms with van der Waals surface area (Å²) in [5, 5.41) is 17.6. The number of alkyl halides is 1. The van der Waals surface area contributed by atoms with Crippen molar-refractivity contribution in [1.29, 1.82) is 0 Å². The van der Waals surface area contributed by atoms with Gasteiger partial charge in [0.1, 0.15) is 11.9 Å². The first-order valence-electron chi connectivity index (χ1n) is 11.6. The number of likely N-dealkylation sites (tertiary alicyclic amines) is 1. The van der Waals surface area contributed by atoms with Crippen LogP contribution in [0.25, 0.3) is 10.9 Å². The van der Waals surface area contributed by atoms with E-state index >= 15 is 4.39 Å². The lowest BCUT2D eigenvalue weighted by Gasteiger charge is -2.37. The minimum absolute atomic E-state index is 0.186. The Bertz CT molecular complexity index is 1210. The first-order valence-corrected chi connectivity index (χ1v) is 11.6. The molecule has 1 unspecified atom stereocenters. The fourth-order valence-electron chi connectivity index (χ4n) is 4.65. The Labute approximate surface area is 202 Å². The molecule has 1 aromatic carbocycles. The van der Waals surface area contributed by atoms with E-state index in [0.717, 1.165) is 16.5 Å². The summed E-state index contributed by atoms with van der Waals surface area (Å²) in [6.07, 6.45) is 1.09. The quantitative estimate of drug-likeness (QED) is 0.471. The number of carbonyl (C=O) groups is 1. The second-order valence-electron chi connectivity index (χ2n) is 8.82. The Balaban J connectivity index is 1.16. The molecule has 3 N–H and O–H groups in total. The van der Waals surface area contributed by atoms with Crippen molar-refractivity contribution in [3.05, 3.63) is 54.4 Å². The Hall–Kier alpha value is -3.34. The normalized spacial score (nSPS) is 23.3. The van der Waals surface area contributed by atoms with Crippen molar-refractivity contribution in [2.45, 2.75) is 30.8 Å². The molecule has 0 saturated carbocycles. The van der Waals surface area contributed by atoms with E-state index in [2.05, 4.69) is 20.6 Å². The van der Waals surface area contributed by atoms with Crippen molar-refractivity contribution in [2.24, 2.45) is 0 Å². The lowest BCUT2D eigenvalue weighted by atomic mass is 10.00. The van der Waals surface area contributed by atoms with Gasteiger partial charge in [-0.05, 0) is 54.9 Å². The number of aliphatic hydroxyl groups excluding tert-OH is 1. The predicted molar refractivity (Wildman–Crippen MR) is 128 cm³/mol. The first kappa shape index (κ1) is 23.4. The summed E-state index contributed by atoms with van der Waals surface area (Å²) in [4.78, 5) is 22.6. The van der Waals surface area contributed by atoms with Gasteiger partial charge in [0.2, 0.25) is 0 Å². The molecule has 0 aliphatic carbocycles. The van der Waals surface area contributed by atoms with Crippen LogP contribution in [0.3, 0.4) is 0 Å². The van der Waals surface area contributed by atoms with E-state index < -0.39 is 24.4 Å². The molecule has 2 aliphatic rings. The SMILES string of the molecule is COc1ccc2nccc([C@@H](O)CN3CC[C@@H](NCC4Oc5cccnc5NC4=O)[C@@H](F)C3)c2c1. The number of amides is 1. The summed E-state index contributed by atoms with van der Waals surface area (Å²) in [6.45, 7) is 1.30. The molecule has 0 radical (unpaired) electrons. The Morgan fingerprint density at radius 2 is 2.20 bits per heavy atom. The van der Waals surface area contributed by atoms with Crippen molar-refractivity contribution in [1.82, 2.24) is 20.2 Å². The van der Waals surface area contributed by atoms with Crippen LogP contribution in [0, 0.1) is 0 Å². The van der Waals surface area contributed by atoms with Crippen molar-refractivity contribution in [3.8, 4) is 11.5 Å². The number of nitrogens with zero attached hydrogens (tertiary/aromatic N) is 3. The number of aliphatic hydroxyl groups is 1. The average Bonchev–Trinajstić information content (AvgIpc) is 2.87. The number of hydrogen-bond acceptors (Lipinski definition) is 8. The number of rotatable bonds is 7. The van der Waals surface area contributed by atoms with E-state index in [4.69, 9.17) is 9.47 Å². The molecule has 35 heavy (non-hydrogen) atoms. The van der Waals surface area contributed by atoms with Crippen LogP contribution in [-0.4, -0.2) is 77.5 Å². The number of anilines is 1. The van der Waals surface area contributed by atoms with Crippen LogP contribution in [-0.2, 0) is 4.79 Å². The summed E-state index contributed by atoms with van der Waals surface area (Å²) in [5.41, 5.74) is 1.50. The number of hydrogen-bond donors (Lipinski definition) is 3. The van der Waals surface area contributed by atoms with Gasteiger partial charge in [0, 0.05) is 43.5 Å². The molecule has 184 valence electrons. The molecule has 1 saturated heterocycles. The number of β-amino-alcohol motifs (C(OH)–C–C–N with tert-alkyl or cyclic N) is 1. The third-order valence-electron chi connectivity index (χ3n) is 6.54. The zero-order valence-corrected chi connectivity index (χ0v) is 19.4. The highest BCUT2D eigenvalue weighted by molar-refractivity contribution is 5.96. The highest BCUT2D eigenvalue weighted by atomic mass is 19.1. The number of methoxy groups -OCH3 is 1. The van der Waals surface area contributed by atoms with Gasteiger partial charge in [-0.25, -0.2) is 9.37 Å². The second kappa shape index (κ2) is 10.1. The van der Waals surface area contributed by atoms with Crippen LogP contribution in [0.2, 0.25) is 0 Å². The molecule has 4 atom stereocenters. The third-order valence-corrected chi connectivity index (χ3v) is 6.54. The molecule has 5 rings (SSSR count). The smallest absolute Gasteiger partial charge is 0.268 e. The van der Waals surface area contributed by atoms with E-state index in [1.807, 2.05) is 23.1 Å². The number of piperidine rings is 1. The van der Waals surface area contributed by atoms with Gasteiger partial charge in [-0.2, -0.15) is 0 Å². The van der Waals surface area contributed by atoms with Crippen LogP contribution >= 0.6 is 0 Å². The summed E-state index contributed by atoms with van der Waals surface area (Å²) >= 11 is 0. The van der Waals surface area contributed by atoms with Gasteiger partial charge >= 0.3 is 0 Å². The molecule has 4 heterocycles. The van der Waals surface area contributed by atoms with Gasteiger partial charge < -0.3 is 25.2 Å². The topological polar surface area (TPSA) is 109 Å². The average molecular weight is 482 g/mol. The largest absolute Gasteiger partial charge is 0.497 e. The summed E-state index contributed by atoms with van der Waals surface area (Å²) in [7, 11) is 1.59. The van der Waals surface area contributed by atoms with Gasteiger partial charge in [0.15, 0.2) is 17.7 Å². The monoisotopic (exact) mass is 481 g/mol. The third kappa shape index (κ3) is 5.04. The van der Waals surface area contributed by atoms with Crippen LogP contribution < -0.4 is 20.1 Å². The number of nitrogens with one attached hydrogen (secondary N) is 2. The van der Waals surface area contributed by atoms with Gasteiger partial charge in [-0.3, -0.25) is 14.7 Å². The van der Waals surface area contributed by atoms with E-state index in [1.165, 1.54) is 0 Å². The fraction of sp³-hybridized carbons (Fsp3) is 0.400. The van der Waals surface area contributed by atoms with E-state index in [1.54, 1.807) is 37.7 Å². The van der Waals surface area contributed by atoms with Crippen molar-refractivity contribution in [3.63, 3.8) is 0 Å². The number of fused-ring (bicyclic) bond motifs is 2. The van der Waals surface area contributed by atoms with Crippen LogP contribution in [0.4, 0.5) is 10.2 Å². The molecule has 1 amide bonds. The van der Waals surface area contributed by atoms with Crippen molar-refractivity contribution < 1.29 is 23.8 Å². The molecule has 2 aromatic heterocycles. The Kier molecular flexibility index (Phi) is 6.76. The van der Waals surface area contributed by atoms with Crippen molar-refractivity contribution >= 4 is 22.6 Å². The van der Waals surface area contributed by atoms with E-state index in [9.17, 15) is 9.90 Å². The molecule has 2 aliphatic heterocycles. The van der Waals surface area contributed by atoms with Gasteiger partial charge in [0.25, 0.3) is 5.91 Å². The number of pyridine rings is 2. The molecule has 0 bridgehead atoms. The molecule has 10 heteroatoms. The molecular weight excluding hydrogens is 453 g/mol. The van der Waals surface area contributed by atoms with Gasteiger partial charge in [-0.15, -0.1) is 0 Å². The van der Waals surface area contributed by atoms with Crippen LogP contribution in [0.15, 0.2) is 48.8 Å². The zero-order chi connectivity index (χ0) is 24.4. The standard InChI is InChI=1S/C25H28FN5O4/c1-34-15-4-5-19-17(11-15)16(6-9-27-19)21(32)14-31-10-7-20(18(26)13-31)29-12-23-25(33)30-24-22(35-23)3-2-8-28-24/h2-6,8-9,11,18,20-21,23,29,32H,7,10,12-14H2,1H3,(H,28,30,33)/t18-,20+,21-,23?/m0/s1. The molecule has 3 aromatic rings. The van der Waals surface area contributed by atoms with Gasteiger partial charge in [-0.1, -0.05) is 0 Å². The minimum atomic E-state index is -1.15. The maximum absolute atomic E-state index is 15.0. The van der Waals surface area contributed by atoms with Crippen molar-refractivity contribution in [2.75, 3.05) is 38.6 Å². The van der Waals surface area contributed by atoms with E-state index in [-0.39, 0.29) is 19.0 Å². The number of ether oxygens (including phenoxy) is 2. The number of benzene rings is 1. The maximum Gasteiger partial charge on any atom is 0.268 e. The molecule has 1 fully saturated rings. The Morgan fingerprint density at radius 1 is 1.31 bits per heavy atom. The van der Waals surface area contributed by atoms with Crippen LogP contribution in [0.1, 0.15) is 18.1 Å².